The Morgan fingerprint density at radius 1 is 1.21 bits per heavy atom. The first-order chi connectivity index (χ1) is 11.3. The van der Waals surface area contributed by atoms with E-state index in [4.69, 9.17) is 19.4 Å². The number of imidazole rings is 1. The van der Waals surface area contributed by atoms with Crippen LogP contribution in [0.25, 0.3) is 0 Å². The van der Waals surface area contributed by atoms with Gasteiger partial charge in [-0.15, -0.1) is 0 Å². The third kappa shape index (κ3) is 5.19. The van der Waals surface area contributed by atoms with Crippen LogP contribution in [0.2, 0.25) is 0 Å². The molecule has 0 spiro atoms. The highest BCUT2D eigenvalue weighted by Gasteiger charge is 2.19. The van der Waals surface area contributed by atoms with E-state index in [1.54, 1.807) is 31.4 Å². The third-order valence-corrected chi connectivity index (χ3v) is 3.10. The van der Waals surface area contributed by atoms with Crippen molar-refractivity contribution in [1.29, 1.82) is 0 Å². The van der Waals surface area contributed by atoms with Crippen molar-refractivity contribution >= 4 is 6.16 Å². The van der Waals surface area contributed by atoms with E-state index in [9.17, 15) is 4.79 Å². The van der Waals surface area contributed by atoms with Crippen molar-refractivity contribution in [3.05, 3.63) is 42.0 Å². The molecule has 0 fully saturated rings. The molecule has 1 heterocycles. The van der Waals surface area contributed by atoms with Crippen LogP contribution in [0.4, 0.5) is 4.79 Å². The van der Waals surface area contributed by atoms with Crippen LogP contribution in [-0.4, -0.2) is 28.1 Å². The Kier molecular flexibility index (Phi) is 5.33. The van der Waals surface area contributed by atoms with Gasteiger partial charge in [0.15, 0.2) is 0 Å². The molecule has 0 atom stereocenters. The minimum Gasteiger partial charge on any atom is -0.497 e. The lowest BCUT2D eigenvalue weighted by atomic mass is 9.92. The smallest absolute Gasteiger partial charge is 0.497 e. The van der Waals surface area contributed by atoms with Crippen molar-refractivity contribution in [2.24, 2.45) is 5.41 Å². The molecule has 0 unspecified atom stereocenters. The minimum absolute atomic E-state index is 0.0565. The van der Waals surface area contributed by atoms with Crippen molar-refractivity contribution in [3.8, 4) is 11.5 Å². The molecule has 0 aliphatic rings. The number of carboxylic acid groups (broad SMARTS) is 1. The number of benzene rings is 1. The second kappa shape index (κ2) is 7.25. The van der Waals surface area contributed by atoms with Gasteiger partial charge in [-0.05, 0) is 29.7 Å². The molecule has 7 nitrogen and oxygen atoms in total. The summed E-state index contributed by atoms with van der Waals surface area (Å²) in [4.78, 5) is 20.0. The molecule has 1 aromatic carbocycles. The van der Waals surface area contributed by atoms with Crippen molar-refractivity contribution in [2.75, 3.05) is 7.11 Å². The fourth-order valence-electron chi connectivity index (χ4n) is 2.11. The van der Waals surface area contributed by atoms with Gasteiger partial charge in [0.2, 0.25) is 0 Å². The Bertz CT molecular complexity index is 686. The van der Waals surface area contributed by atoms with Gasteiger partial charge in [0.1, 0.15) is 23.9 Å². The molecule has 0 saturated carbocycles. The summed E-state index contributed by atoms with van der Waals surface area (Å²) in [5.41, 5.74) is 0.533. The van der Waals surface area contributed by atoms with Gasteiger partial charge in [-0.1, -0.05) is 20.8 Å². The molecular formula is C17H22N2O5. The van der Waals surface area contributed by atoms with E-state index in [0.29, 0.717) is 23.7 Å². The van der Waals surface area contributed by atoms with Crippen LogP contribution < -0.4 is 14.3 Å². The molecule has 1 N–H and O–H groups in total. The Balaban J connectivity index is 2.09. The quantitative estimate of drug-likeness (QED) is 0.874. The molecule has 0 aliphatic carbocycles. The lowest BCUT2D eigenvalue weighted by Crippen LogP contribution is -2.22. The average Bonchev–Trinajstić information content (AvgIpc) is 2.85. The minimum atomic E-state index is -1.38. The number of rotatable bonds is 6. The van der Waals surface area contributed by atoms with E-state index in [-0.39, 0.29) is 12.0 Å². The molecule has 7 heteroatoms. The van der Waals surface area contributed by atoms with Gasteiger partial charge in [-0.25, -0.2) is 9.78 Å². The van der Waals surface area contributed by atoms with E-state index in [1.807, 2.05) is 20.8 Å². The summed E-state index contributed by atoms with van der Waals surface area (Å²) >= 11 is 0. The fraction of sp³-hybridized carbons (Fsp3) is 0.412. The number of aromatic nitrogens is 2. The van der Waals surface area contributed by atoms with Crippen LogP contribution in [0.1, 0.15) is 32.3 Å². The van der Waals surface area contributed by atoms with Crippen LogP contribution in [0.3, 0.4) is 0 Å². The van der Waals surface area contributed by atoms with Gasteiger partial charge in [0.05, 0.1) is 19.0 Å². The van der Waals surface area contributed by atoms with Crippen molar-refractivity contribution in [3.63, 3.8) is 0 Å². The number of methoxy groups -OCH3 is 1. The summed E-state index contributed by atoms with van der Waals surface area (Å²) in [5, 5.41) is 8.84. The molecule has 0 radical (unpaired) electrons. The highest BCUT2D eigenvalue weighted by molar-refractivity contribution is 5.57. The van der Waals surface area contributed by atoms with E-state index in [2.05, 4.69) is 4.98 Å². The first kappa shape index (κ1) is 17.7. The zero-order valence-corrected chi connectivity index (χ0v) is 14.3. The second-order valence-electron chi connectivity index (χ2n) is 6.53. The molecule has 0 aliphatic heterocycles. The predicted molar refractivity (Wildman–Crippen MR) is 87.3 cm³/mol. The molecule has 0 bridgehead atoms. The summed E-state index contributed by atoms with van der Waals surface area (Å²) < 4.78 is 11.9. The standard InChI is InChI=1S/C17H22N2O5/c1-17(2,3)9-15-18-12(10-19(15)24-16(20)21)11-23-14-7-5-13(22-4)6-8-14/h5-8,10H,9,11H2,1-4H3,(H,20,21). The van der Waals surface area contributed by atoms with Crippen LogP contribution in [0.15, 0.2) is 30.5 Å². The number of carbonyl (C=O) groups is 1. The molecule has 2 rings (SSSR count). The van der Waals surface area contributed by atoms with Gasteiger partial charge in [0, 0.05) is 6.42 Å². The predicted octanol–water partition coefficient (Wildman–Crippen LogP) is 3.17. The normalized spacial score (nSPS) is 11.2. The number of hydrogen-bond donors (Lipinski definition) is 1. The highest BCUT2D eigenvalue weighted by Crippen LogP contribution is 2.21. The first-order valence-corrected chi connectivity index (χ1v) is 7.52. The number of nitrogens with zero attached hydrogens (tertiary/aromatic N) is 2. The Morgan fingerprint density at radius 2 is 1.83 bits per heavy atom. The number of ether oxygens (including phenoxy) is 2. The Morgan fingerprint density at radius 3 is 2.38 bits per heavy atom. The van der Waals surface area contributed by atoms with E-state index < -0.39 is 6.16 Å². The SMILES string of the molecule is COc1ccc(OCc2cn(OC(=O)O)c(CC(C)(C)C)n2)cc1. The molecule has 2 aromatic rings. The summed E-state index contributed by atoms with van der Waals surface area (Å²) in [6.07, 6.45) is 0.715. The maximum absolute atomic E-state index is 10.8. The maximum Gasteiger partial charge on any atom is 0.531 e. The topological polar surface area (TPSA) is 82.8 Å². The van der Waals surface area contributed by atoms with Gasteiger partial charge in [-0.2, -0.15) is 4.73 Å². The van der Waals surface area contributed by atoms with Crippen molar-refractivity contribution in [2.45, 2.75) is 33.8 Å². The average molecular weight is 334 g/mol. The third-order valence-electron chi connectivity index (χ3n) is 3.10. The van der Waals surface area contributed by atoms with Crippen molar-refractivity contribution < 1.29 is 24.2 Å². The van der Waals surface area contributed by atoms with E-state index >= 15 is 0 Å². The highest BCUT2D eigenvalue weighted by atomic mass is 16.8. The molecule has 1 aromatic heterocycles. The molecule has 130 valence electrons. The van der Waals surface area contributed by atoms with Crippen LogP contribution in [0.5, 0.6) is 11.5 Å². The molecule has 0 amide bonds. The summed E-state index contributed by atoms with van der Waals surface area (Å²) in [6, 6.07) is 7.18. The zero-order chi connectivity index (χ0) is 17.7. The molecule has 24 heavy (non-hydrogen) atoms. The van der Waals surface area contributed by atoms with Crippen LogP contribution in [-0.2, 0) is 13.0 Å². The van der Waals surface area contributed by atoms with Gasteiger partial charge < -0.3 is 19.4 Å². The lowest BCUT2D eigenvalue weighted by Gasteiger charge is -2.17. The van der Waals surface area contributed by atoms with E-state index in [0.717, 1.165) is 5.75 Å². The van der Waals surface area contributed by atoms with Gasteiger partial charge in [0.25, 0.3) is 0 Å². The van der Waals surface area contributed by atoms with Crippen LogP contribution >= 0.6 is 0 Å². The molecule has 0 saturated heterocycles. The van der Waals surface area contributed by atoms with Gasteiger partial charge in [-0.3, -0.25) is 0 Å². The first-order valence-electron chi connectivity index (χ1n) is 7.52. The summed E-state index contributed by atoms with van der Waals surface area (Å²) in [5.74, 6) is 1.95. The fourth-order valence-corrected chi connectivity index (χ4v) is 2.11. The lowest BCUT2D eigenvalue weighted by molar-refractivity contribution is 0.0766. The monoisotopic (exact) mass is 334 g/mol. The number of hydrogen-bond acceptors (Lipinski definition) is 5. The largest absolute Gasteiger partial charge is 0.531 e. The maximum atomic E-state index is 10.8. The molecular weight excluding hydrogens is 312 g/mol. The second-order valence-corrected chi connectivity index (χ2v) is 6.53. The Hall–Kier alpha value is -2.70. The zero-order valence-electron chi connectivity index (χ0n) is 14.3. The van der Waals surface area contributed by atoms with Gasteiger partial charge >= 0.3 is 6.16 Å². The Labute approximate surface area is 140 Å². The van der Waals surface area contributed by atoms with Crippen LogP contribution in [0, 0.1) is 5.41 Å². The van der Waals surface area contributed by atoms with E-state index in [1.165, 1.54) is 10.9 Å². The summed E-state index contributed by atoms with van der Waals surface area (Å²) in [7, 11) is 1.60. The summed E-state index contributed by atoms with van der Waals surface area (Å²) in [6.45, 7) is 6.33. The van der Waals surface area contributed by atoms with Crippen molar-refractivity contribution in [1.82, 2.24) is 9.71 Å².